The summed E-state index contributed by atoms with van der Waals surface area (Å²) < 4.78 is 16.2. The van der Waals surface area contributed by atoms with Gasteiger partial charge in [0, 0.05) is 17.1 Å². The van der Waals surface area contributed by atoms with Gasteiger partial charge in [-0.2, -0.15) is 0 Å². The molecule has 130 valence electrons. The van der Waals surface area contributed by atoms with Crippen LogP contribution in [0.5, 0.6) is 5.75 Å². The van der Waals surface area contributed by atoms with E-state index in [2.05, 4.69) is 10.5 Å². The van der Waals surface area contributed by atoms with Gasteiger partial charge < -0.3 is 19.0 Å². The molecule has 0 saturated heterocycles. The SMILES string of the molecule is COc1ccc(NC(=O)Cc2cc(-c3cc4ccccc4o3)on2)cc1. The van der Waals surface area contributed by atoms with Gasteiger partial charge in [-0.25, -0.2) is 0 Å². The van der Waals surface area contributed by atoms with Gasteiger partial charge in [-0.3, -0.25) is 4.79 Å². The minimum absolute atomic E-state index is 0.107. The fraction of sp³-hybridized carbons (Fsp3) is 0.100. The number of para-hydroxylation sites is 1. The van der Waals surface area contributed by atoms with Crippen LogP contribution >= 0.6 is 0 Å². The van der Waals surface area contributed by atoms with E-state index in [0.717, 1.165) is 16.7 Å². The van der Waals surface area contributed by atoms with Crippen LogP contribution in [0.4, 0.5) is 5.69 Å². The summed E-state index contributed by atoms with van der Waals surface area (Å²) in [5, 5.41) is 7.75. The van der Waals surface area contributed by atoms with E-state index in [-0.39, 0.29) is 12.3 Å². The normalized spacial score (nSPS) is 10.8. The third-order valence-corrected chi connectivity index (χ3v) is 3.94. The van der Waals surface area contributed by atoms with Crippen molar-refractivity contribution >= 4 is 22.6 Å². The number of hydrogen-bond donors (Lipinski definition) is 1. The first-order valence-electron chi connectivity index (χ1n) is 8.10. The molecular formula is C20H16N2O4. The monoisotopic (exact) mass is 348 g/mol. The van der Waals surface area contributed by atoms with Crippen LogP contribution in [0.25, 0.3) is 22.5 Å². The Labute approximate surface area is 149 Å². The number of furan rings is 1. The number of amides is 1. The summed E-state index contributed by atoms with van der Waals surface area (Å²) >= 11 is 0. The zero-order chi connectivity index (χ0) is 17.9. The molecule has 0 aliphatic carbocycles. The number of ether oxygens (including phenoxy) is 1. The number of fused-ring (bicyclic) bond motifs is 1. The number of rotatable bonds is 5. The molecule has 0 fully saturated rings. The molecule has 6 nitrogen and oxygen atoms in total. The third kappa shape index (κ3) is 3.30. The second-order valence-electron chi connectivity index (χ2n) is 5.78. The molecule has 6 heteroatoms. The van der Waals surface area contributed by atoms with E-state index in [1.807, 2.05) is 30.3 Å². The van der Waals surface area contributed by atoms with Crippen molar-refractivity contribution in [2.45, 2.75) is 6.42 Å². The Balaban J connectivity index is 1.44. The van der Waals surface area contributed by atoms with Crippen LogP contribution in [0.15, 0.2) is 69.6 Å². The summed E-state index contributed by atoms with van der Waals surface area (Å²) in [6.45, 7) is 0. The lowest BCUT2D eigenvalue weighted by Gasteiger charge is -2.04. The van der Waals surface area contributed by atoms with Crippen molar-refractivity contribution in [1.29, 1.82) is 0 Å². The first-order chi connectivity index (χ1) is 12.7. The Morgan fingerprint density at radius 2 is 1.88 bits per heavy atom. The Morgan fingerprint density at radius 3 is 2.65 bits per heavy atom. The summed E-state index contributed by atoms with van der Waals surface area (Å²) in [6, 6.07) is 18.4. The highest BCUT2D eigenvalue weighted by atomic mass is 16.5. The summed E-state index contributed by atoms with van der Waals surface area (Å²) in [4.78, 5) is 12.2. The molecule has 2 heterocycles. The average Bonchev–Trinajstić information content (AvgIpc) is 3.28. The van der Waals surface area contributed by atoms with Gasteiger partial charge in [0.25, 0.3) is 0 Å². The van der Waals surface area contributed by atoms with E-state index >= 15 is 0 Å². The fourth-order valence-electron chi connectivity index (χ4n) is 2.66. The lowest BCUT2D eigenvalue weighted by Crippen LogP contribution is -2.14. The van der Waals surface area contributed by atoms with E-state index < -0.39 is 0 Å². The van der Waals surface area contributed by atoms with Crippen LogP contribution in [0.3, 0.4) is 0 Å². The van der Waals surface area contributed by atoms with Crippen LogP contribution in [0.1, 0.15) is 5.69 Å². The van der Waals surface area contributed by atoms with Crippen LogP contribution in [0.2, 0.25) is 0 Å². The number of anilines is 1. The molecule has 1 amide bonds. The highest BCUT2D eigenvalue weighted by molar-refractivity contribution is 5.92. The average molecular weight is 348 g/mol. The molecule has 4 aromatic rings. The third-order valence-electron chi connectivity index (χ3n) is 3.94. The molecule has 26 heavy (non-hydrogen) atoms. The molecule has 2 aromatic carbocycles. The lowest BCUT2D eigenvalue weighted by atomic mass is 10.2. The van der Waals surface area contributed by atoms with Gasteiger partial charge >= 0.3 is 0 Å². The first kappa shape index (κ1) is 16.0. The molecule has 0 atom stereocenters. The summed E-state index contributed by atoms with van der Waals surface area (Å²) in [6.07, 6.45) is 0.107. The maximum absolute atomic E-state index is 12.2. The Kier molecular flexibility index (Phi) is 4.15. The standard InChI is InChI=1S/C20H16N2O4/c1-24-16-8-6-14(7-9-16)21-20(23)12-15-11-19(26-22-15)18-10-13-4-2-3-5-17(13)25-18/h2-11H,12H2,1H3,(H,21,23). The topological polar surface area (TPSA) is 77.5 Å². The quantitative estimate of drug-likeness (QED) is 0.582. The highest BCUT2D eigenvalue weighted by Gasteiger charge is 2.14. The Morgan fingerprint density at radius 1 is 1.08 bits per heavy atom. The number of aromatic nitrogens is 1. The van der Waals surface area contributed by atoms with Crippen LogP contribution < -0.4 is 10.1 Å². The van der Waals surface area contributed by atoms with Crippen molar-refractivity contribution in [2.24, 2.45) is 0 Å². The van der Waals surface area contributed by atoms with E-state index in [0.29, 0.717) is 22.9 Å². The number of hydrogen-bond acceptors (Lipinski definition) is 5. The number of carbonyl (C=O) groups is 1. The molecule has 1 N–H and O–H groups in total. The highest BCUT2D eigenvalue weighted by Crippen LogP contribution is 2.28. The van der Waals surface area contributed by atoms with Crippen molar-refractivity contribution in [2.75, 3.05) is 12.4 Å². The minimum atomic E-state index is -0.181. The second-order valence-corrected chi connectivity index (χ2v) is 5.78. The van der Waals surface area contributed by atoms with Gasteiger partial charge in [0.1, 0.15) is 11.3 Å². The molecule has 0 radical (unpaired) electrons. The number of carbonyl (C=O) groups excluding carboxylic acids is 1. The zero-order valence-electron chi connectivity index (χ0n) is 14.1. The maximum Gasteiger partial charge on any atom is 0.230 e. The van der Waals surface area contributed by atoms with E-state index in [9.17, 15) is 4.79 Å². The molecule has 0 saturated carbocycles. The number of nitrogens with zero attached hydrogens (tertiary/aromatic N) is 1. The first-order valence-corrected chi connectivity index (χ1v) is 8.10. The molecule has 0 unspecified atom stereocenters. The van der Waals surface area contributed by atoms with Gasteiger partial charge in [0.15, 0.2) is 5.76 Å². The van der Waals surface area contributed by atoms with Gasteiger partial charge in [0.2, 0.25) is 11.7 Å². The van der Waals surface area contributed by atoms with Crippen LogP contribution in [-0.4, -0.2) is 18.2 Å². The lowest BCUT2D eigenvalue weighted by molar-refractivity contribution is -0.115. The van der Waals surface area contributed by atoms with Crippen molar-refractivity contribution in [3.63, 3.8) is 0 Å². The fourth-order valence-corrected chi connectivity index (χ4v) is 2.66. The molecule has 0 spiro atoms. The van der Waals surface area contributed by atoms with Gasteiger partial charge in [-0.15, -0.1) is 0 Å². The van der Waals surface area contributed by atoms with Crippen LogP contribution in [0, 0.1) is 0 Å². The van der Waals surface area contributed by atoms with Crippen LogP contribution in [-0.2, 0) is 11.2 Å². The Bertz CT molecular complexity index is 1010. The maximum atomic E-state index is 12.2. The van der Waals surface area contributed by atoms with Crippen molar-refractivity contribution in [3.8, 4) is 17.3 Å². The van der Waals surface area contributed by atoms with Gasteiger partial charge in [-0.1, -0.05) is 23.4 Å². The molecule has 0 aliphatic heterocycles. The van der Waals surface area contributed by atoms with Crippen molar-refractivity contribution < 1.29 is 18.5 Å². The summed E-state index contributed by atoms with van der Waals surface area (Å²) in [5.74, 6) is 1.63. The predicted octanol–water partition coefficient (Wildman–Crippen LogP) is 4.28. The predicted molar refractivity (Wildman–Crippen MR) is 97.0 cm³/mol. The molecular weight excluding hydrogens is 332 g/mol. The minimum Gasteiger partial charge on any atom is -0.497 e. The van der Waals surface area contributed by atoms with E-state index in [4.69, 9.17) is 13.7 Å². The van der Waals surface area contributed by atoms with Crippen molar-refractivity contribution in [3.05, 3.63) is 66.4 Å². The van der Waals surface area contributed by atoms with Crippen molar-refractivity contribution in [1.82, 2.24) is 5.16 Å². The Hall–Kier alpha value is -3.54. The molecule has 4 rings (SSSR count). The summed E-state index contributed by atoms with van der Waals surface area (Å²) in [7, 11) is 1.59. The van der Waals surface area contributed by atoms with E-state index in [1.165, 1.54) is 0 Å². The zero-order valence-corrected chi connectivity index (χ0v) is 14.1. The van der Waals surface area contributed by atoms with Gasteiger partial charge in [-0.05, 0) is 36.4 Å². The smallest absolute Gasteiger partial charge is 0.230 e. The van der Waals surface area contributed by atoms with Gasteiger partial charge in [0.05, 0.1) is 19.2 Å². The second kappa shape index (κ2) is 6.76. The molecule has 2 aromatic heterocycles. The largest absolute Gasteiger partial charge is 0.497 e. The molecule has 0 bridgehead atoms. The molecule has 0 aliphatic rings. The number of nitrogens with one attached hydrogen (secondary N) is 1. The summed E-state index contributed by atoms with van der Waals surface area (Å²) in [5.41, 5.74) is 2.00. The van der Waals surface area contributed by atoms with E-state index in [1.54, 1.807) is 37.4 Å². The number of methoxy groups -OCH3 is 1. The number of benzene rings is 2.